The first-order valence-corrected chi connectivity index (χ1v) is 21.2. The number of nitrogens with zero attached hydrogens (tertiary/aromatic N) is 1. The van der Waals surface area contributed by atoms with Crippen molar-refractivity contribution >= 4 is 38.6 Å². The number of fused-ring (bicyclic) bond motifs is 7. The van der Waals surface area contributed by atoms with Crippen molar-refractivity contribution in [2.24, 2.45) is 11.8 Å². The van der Waals surface area contributed by atoms with Crippen LogP contribution in [-0.4, -0.2) is 0 Å². The molecule has 3 fully saturated rings. The van der Waals surface area contributed by atoms with Gasteiger partial charge in [0.1, 0.15) is 0 Å². The topological polar surface area (TPSA) is 3.24 Å². The Morgan fingerprint density at radius 1 is 0.545 bits per heavy atom. The third-order valence-corrected chi connectivity index (χ3v) is 14.5. The van der Waals surface area contributed by atoms with Gasteiger partial charge in [-0.1, -0.05) is 149 Å². The molecule has 272 valence electrons. The summed E-state index contributed by atoms with van der Waals surface area (Å²) < 4.78 is 0. The van der Waals surface area contributed by atoms with Crippen LogP contribution in [0, 0.1) is 11.8 Å². The highest BCUT2D eigenvalue weighted by atomic mass is 15.1. The Balaban J connectivity index is 1.09. The van der Waals surface area contributed by atoms with Crippen LogP contribution in [0.5, 0.6) is 0 Å². The predicted molar refractivity (Wildman–Crippen MR) is 233 cm³/mol. The number of anilines is 3. The second-order valence-electron chi connectivity index (χ2n) is 17.9. The van der Waals surface area contributed by atoms with Crippen molar-refractivity contribution in [2.75, 3.05) is 4.90 Å². The maximum atomic E-state index is 2.60. The SMILES string of the molecule is CC1(C)c2cc(N(c3ccc(C4CC5CCC4C5)cc3)c3cccc4cccc(C5CCCCC5)c34)ccc2-c2c(-c3cccc4ccccc34)cccc21. The molecule has 3 unspecified atom stereocenters. The van der Waals surface area contributed by atoms with Crippen molar-refractivity contribution in [3.05, 3.63) is 162 Å². The molecule has 1 nitrogen and oxygen atoms in total. The van der Waals surface area contributed by atoms with E-state index in [1.807, 2.05) is 0 Å². The Labute approximate surface area is 327 Å². The fourth-order valence-electron chi connectivity index (χ4n) is 11.8. The van der Waals surface area contributed by atoms with E-state index in [0.717, 1.165) is 17.8 Å². The third-order valence-electron chi connectivity index (χ3n) is 14.5. The maximum absolute atomic E-state index is 2.60. The highest BCUT2D eigenvalue weighted by Crippen LogP contribution is 2.56. The Morgan fingerprint density at radius 3 is 2.09 bits per heavy atom. The van der Waals surface area contributed by atoms with Gasteiger partial charge in [-0.25, -0.2) is 0 Å². The van der Waals surface area contributed by atoms with Crippen LogP contribution in [0.3, 0.4) is 0 Å². The summed E-state index contributed by atoms with van der Waals surface area (Å²) in [5.41, 5.74) is 14.9. The van der Waals surface area contributed by atoms with Gasteiger partial charge in [0.15, 0.2) is 0 Å². The van der Waals surface area contributed by atoms with Crippen LogP contribution in [-0.2, 0) is 5.41 Å². The van der Waals surface area contributed by atoms with Crippen LogP contribution >= 0.6 is 0 Å². The van der Waals surface area contributed by atoms with E-state index in [1.165, 1.54) is 135 Å². The van der Waals surface area contributed by atoms with Crippen LogP contribution in [0.2, 0.25) is 0 Å². The van der Waals surface area contributed by atoms with E-state index in [-0.39, 0.29) is 5.41 Å². The molecule has 2 bridgehead atoms. The molecular weight excluding hydrogens is 663 g/mol. The van der Waals surface area contributed by atoms with Crippen LogP contribution in [0.25, 0.3) is 43.8 Å². The van der Waals surface area contributed by atoms with Gasteiger partial charge in [0.25, 0.3) is 0 Å². The Hall–Kier alpha value is -5.14. The summed E-state index contributed by atoms with van der Waals surface area (Å²) >= 11 is 0. The first-order valence-electron chi connectivity index (χ1n) is 21.2. The number of hydrogen-bond acceptors (Lipinski definition) is 1. The summed E-state index contributed by atoms with van der Waals surface area (Å²) in [5, 5.41) is 5.37. The van der Waals surface area contributed by atoms with Gasteiger partial charge in [0.05, 0.1) is 5.69 Å². The predicted octanol–water partition coefficient (Wildman–Crippen LogP) is 15.4. The smallest absolute Gasteiger partial charge is 0.0542 e. The first kappa shape index (κ1) is 33.2. The van der Waals surface area contributed by atoms with Gasteiger partial charge in [-0.05, 0) is 147 Å². The lowest BCUT2D eigenvalue weighted by atomic mass is 9.81. The minimum absolute atomic E-state index is 0.148. The van der Waals surface area contributed by atoms with Gasteiger partial charge in [-0.3, -0.25) is 0 Å². The second kappa shape index (κ2) is 13.0. The molecule has 0 heterocycles. The minimum Gasteiger partial charge on any atom is -0.310 e. The van der Waals surface area contributed by atoms with E-state index in [4.69, 9.17) is 0 Å². The number of benzene rings is 7. The molecule has 0 radical (unpaired) electrons. The molecule has 4 aliphatic carbocycles. The lowest BCUT2D eigenvalue weighted by Crippen LogP contribution is -2.17. The van der Waals surface area contributed by atoms with Gasteiger partial charge < -0.3 is 4.90 Å². The second-order valence-corrected chi connectivity index (χ2v) is 17.9. The van der Waals surface area contributed by atoms with E-state index in [0.29, 0.717) is 5.92 Å². The summed E-state index contributed by atoms with van der Waals surface area (Å²) in [7, 11) is 0. The Kier molecular flexibility index (Phi) is 7.84. The van der Waals surface area contributed by atoms with E-state index in [9.17, 15) is 0 Å². The van der Waals surface area contributed by atoms with Crippen LogP contribution < -0.4 is 4.90 Å². The molecule has 7 aromatic carbocycles. The molecule has 11 rings (SSSR count). The molecule has 7 aromatic rings. The lowest BCUT2D eigenvalue weighted by molar-refractivity contribution is 0.420. The largest absolute Gasteiger partial charge is 0.310 e. The van der Waals surface area contributed by atoms with Crippen molar-refractivity contribution in [3.8, 4) is 22.3 Å². The lowest BCUT2D eigenvalue weighted by Gasteiger charge is -2.31. The van der Waals surface area contributed by atoms with Crippen molar-refractivity contribution in [3.63, 3.8) is 0 Å². The fourth-order valence-corrected chi connectivity index (χ4v) is 11.8. The fraction of sp³-hybridized carbons (Fsp3) is 0.296. The van der Waals surface area contributed by atoms with Gasteiger partial charge >= 0.3 is 0 Å². The molecule has 55 heavy (non-hydrogen) atoms. The summed E-state index contributed by atoms with van der Waals surface area (Å²) in [4.78, 5) is 2.60. The van der Waals surface area contributed by atoms with Crippen LogP contribution in [0.15, 0.2) is 140 Å². The summed E-state index contributed by atoms with van der Waals surface area (Å²) in [6.45, 7) is 4.86. The van der Waals surface area contributed by atoms with Crippen molar-refractivity contribution < 1.29 is 0 Å². The monoisotopic (exact) mass is 713 g/mol. The normalized spacial score (nSPS) is 21.2. The molecular formula is C54H51N. The minimum atomic E-state index is -0.148. The molecule has 1 heteroatoms. The zero-order valence-electron chi connectivity index (χ0n) is 32.4. The van der Waals surface area contributed by atoms with Crippen LogP contribution in [0.1, 0.15) is 106 Å². The molecule has 0 aliphatic heterocycles. The number of hydrogen-bond donors (Lipinski definition) is 0. The summed E-state index contributed by atoms with van der Waals surface area (Å²) in [6, 6.07) is 53.9. The molecule has 0 spiro atoms. The Morgan fingerprint density at radius 2 is 1.27 bits per heavy atom. The molecule has 0 N–H and O–H groups in total. The molecule has 0 amide bonds. The first-order chi connectivity index (χ1) is 27.0. The van der Waals surface area contributed by atoms with E-state index in [1.54, 1.807) is 5.56 Å². The Bertz CT molecular complexity index is 2570. The zero-order chi connectivity index (χ0) is 36.7. The van der Waals surface area contributed by atoms with Gasteiger partial charge in [-0.15, -0.1) is 0 Å². The van der Waals surface area contributed by atoms with E-state index < -0.39 is 0 Å². The van der Waals surface area contributed by atoms with Gasteiger partial charge in [0.2, 0.25) is 0 Å². The highest BCUT2D eigenvalue weighted by molar-refractivity contribution is 6.04. The summed E-state index contributed by atoms with van der Waals surface area (Å²) in [6.07, 6.45) is 12.3. The molecule has 3 atom stereocenters. The van der Waals surface area contributed by atoms with Gasteiger partial charge in [-0.2, -0.15) is 0 Å². The summed E-state index contributed by atoms with van der Waals surface area (Å²) in [5.74, 6) is 3.16. The van der Waals surface area contributed by atoms with E-state index >= 15 is 0 Å². The van der Waals surface area contributed by atoms with E-state index in [2.05, 4.69) is 158 Å². The maximum Gasteiger partial charge on any atom is 0.0542 e. The quantitative estimate of drug-likeness (QED) is 0.166. The average Bonchev–Trinajstić information content (AvgIpc) is 3.94. The van der Waals surface area contributed by atoms with Crippen molar-refractivity contribution in [1.29, 1.82) is 0 Å². The van der Waals surface area contributed by atoms with Crippen molar-refractivity contribution in [1.82, 2.24) is 0 Å². The third kappa shape index (κ3) is 5.33. The number of rotatable bonds is 6. The van der Waals surface area contributed by atoms with Crippen LogP contribution in [0.4, 0.5) is 17.1 Å². The highest BCUT2D eigenvalue weighted by Gasteiger charge is 2.40. The molecule has 4 aliphatic rings. The molecule has 3 saturated carbocycles. The average molecular weight is 714 g/mol. The van der Waals surface area contributed by atoms with Gasteiger partial charge in [0, 0.05) is 22.2 Å². The van der Waals surface area contributed by atoms with Crippen molar-refractivity contribution in [2.45, 2.75) is 88.9 Å². The molecule has 0 aromatic heterocycles. The zero-order valence-corrected chi connectivity index (χ0v) is 32.4. The molecule has 0 saturated heterocycles. The standard InChI is InChI=1S/C54H51N/c1-54(2)49-22-11-21-46(45-20-8-15-36-14-6-7-18-43(36)45)53(49)47-31-30-42(34-50(47)54)55(41-28-26-38(27-29-41)48-33-35-24-25-40(48)32-35)51-23-10-17-39-16-9-19-44(52(39)51)37-12-4-3-5-13-37/h6-11,14-23,26-31,34-35,37,40,48H,3-5,12-13,24-25,32-33H2,1-2H3.